The van der Waals surface area contributed by atoms with E-state index in [4.69, 9.17) is 4.74 Å². The molecule has 168 valence electrons. The van der Waals surface area contributed by atoms with Crippen molar-refractivity contribution in [2.45, 2.75) is 49.9 Å². The van der Waals surface area contributed by atoms with Crippen molar-refractivity contribution in [2.24, 2.45) is 0 Å². The summed E-state index contributed by atoms with van der Waals surface area (Å²) >= 11 is 1.29. The predicted molar refractivity (Wildman–Crippen MR) is 119 cm³/mol. The van der Waals surface area contributed by atoms with Crippen molar-refractivity contribution in [2.75, 3.05) is 6.61 Å². The number of fused-ring (bicyclic) bond motifs is 2. The van der Waals surface area contributed by atoms with E-state index in [0.717, 1.165) is 10.3 Å². The van der Waals surface area contributed by atoms with Gasteiger partial charge < -0.3 is 14.7 Å². The number of rotatable bonds is 5. The minimum atomic E-state index is -1.11. The predicted octanol–water partition coefficient (Wildman–Crippen LogP) is 2.74. The molecule has 0 aromatic heterocycles. The summed E-state index contributed by atoms with van der Waals surface area (Å²) < 4.78 is 4.92. The van der Waals surface area contributed by atoms with E-state index >= 15 is 0 Å². The van der Waals surface area contributed by atoms with Gasteiger partial charge in [-0.3, -0.25) is 19.3 Å². The highest BCUT2D eigenvalue weighted by Crippen LogP contribution is 2.52. The van der Waals surface area contributed by atoms with E-state index in [1.807, 2.05) is 18.2 Å². The average Bonchev–Trinajstić information content (AvgIpc) is 2.98. The van der Waals surface area contributed by atoms with Crippen molar-refractivity contribution >= 4 is 46.2 Å². The highest BCUT2D eigenvalue weighted by atomic mass is 32.2. The third-order valence-corrected chi connectivity index (χ3v) is 7.44. The maximum Gasteiger partial charge on any atom is 0.327 e. The normalized spacial score (nSPS) is 23.4. The molecule has 0 saturated carbocycles. The van der Waals surface area contributed by atoms with Crippen molar-refractivity contribution < 1.29 is 29.0 Å². The Bertz CT molecular complexity index is 1150. The second kappa shape index (κ2) is 7.81. The number of carboxylic acid groups (broad SMARTS) is 1. The van der Waals surface area contributed by atoms with Crippen LogP contribution in [0.15, 0.2) is 36.4 Å². The SMILES string of the molecule is CCOc1ccc2ccccc2c1C(=O)N(C(C)=O)[C@@H]1C(=O)N2[C@@H]1SC(C)(C)[C@@H]2C(=O)O. The van der Waals surface area contributed by atoms with Crippen LogP contribution in [-0.4, -0.2) is 67.4 Å². The van der Waals surface area contributed by atoms with E-state index < -0.39 is 45.9 Å². The highest BCUT2D eigenvalue weighted by molar-refractivity contribution is 8.01. The average molecular weight is 457 g/mol. The molecule has 0 bridgehead atoms. The first kappa shape index (κ1) is 22.1. The zero-order valence-electron chi connectivity index (χ0n) is 18.2. The van der Waals surface area contributed by atoms with Crippen LogP contribution in [0, 0.1) is 0 Å². The number of hydrogen-bond acceptors (Lipinski definition) is 6. The van der Waals surface area contributed by atoms with Gasteiger partial charge in [-0.2, -0.15) is 0 Å². The van der Waals surface area contributed by atoms with Crippen molar-refractivity contribution in [3.05, 3.63) is 42.0 Å². The molecule has 2 aliphatic rings. The van der Waals surface area contributed by atoms with Gasteiger partial charge >= 0.3 is 5.97 Å². The van der Waals surface area contributed by atoms with Gasteiger partial charge in [0.25, 0.3) is 11.8 Å². The van der Waals surface area contributed by atoms with Gasteiger partial charge in [0.05, 0.1) is 12.2 Å². The summed E-state index contributed by atoms with van der Waals surface area (Å²) in [5, 5.41) is 10.4. The Morgan fingerprint density at radius 2 is 1.88 bits per heavy atom. The molecular formula is C23H24N2O6S. The van der Waals surface area contributed by atoms with Gasteiger partial charge in [0.15, 0.2) is 0 Å². The minimum absolute atomic E-state index is 0.212. The quantitative estimate of drug-likeness (QED) is 0.690. The third kappa shape index (κ3) is 3.23. The van der Waals surface area contributed by atoms with Crippen LogP contribution in [0.25, 0.3) is 10.8 Å². The summed E-state index contributed by atoms with van der Waals surface area (Å²) in [5.74, 6) is -2.53. The molecule has 0 radical (unpaired) electrons. The zero-order valence-corrected chi connectivity index (χ0v) is 19.0. The Labute approximate surface area is 189 Å². The molecule has 2 fully saturated rings. The van der Waals surface area contributed by atoms with Crippen molar-refractivity contribution in [1.29, 1.82) is 0 Å². The fourth-order valence-corrected chi connectivity index (χ4v) is 6.24. The maximum atomic E-state index is 13.8. The number of hydrogen-bond donors (Lipinski definition) is 1. The first-order chi connectivity index (χ1) is 15.1. The number of carbonyl (C=O) groups is 4. The van der Waals surface area contributed by atoms with Crippen LogP contribution >= 0.6 is 11.8 Å². The highest BCUT2D eigenvalue weighted by Gasteiger charge is 2.66. The Morgan fingerprint density at radius 1 is 1.19 bits per heavy atom. The lowest BCUT2D eigenvalue weighted by atomic mass is 9.94. The van der Waals surface area contributed by atoms with Crippen LogP contribution < -0.4 is 4.74 Å². The fourth-order valence-electron chi connectivity index (χ4n) is 4.56. The Kier molecular flexibility index (Phi) is 5.40. The van der Waals surface area contributed by atoms with Crippen LogP contribution in [0.3, 0.4) is 0 Å². The first-order valence-electron chi connectivity index (χ1n) is 10.3. The van der Waals surface area contributed by atoms with Crippen LogP contribution in [0.4, 0.5) is 0 Å². The lowest BCUT2D eigenvalue weighted by Crippen LogP contribution is -2.72. The molecule has 0 spiro atoms. The Morgan fingerprint density at radius 3 is 2.50 bits per heavy atom. The smallest absolute Gasteiger partial charge is 0.327 e. The van der Waals surface area contributed by atoms with E-state index in [1.54, 1.807) is 39.0 Å². The van der Waals surface area contributed by atoms with Crippen LogP contribution in [0.1, 0.15) is 38.1 Å². The Hall–Kier alpha value is -3.07. The van der Waals surface area contributed by atoms with E-state index in [1.165, 1.54) is 23.6 Å². The van der Waals surface area contributed by atoms with Crippen LogP contribution in [0.5, 0.6) is 5.75 Å². The molecule has 2 aromatic carbocycles. The summed E-state index contributed by atoms with van der Waals surface area (Å²) in [6, 6.07) is 8.67. The monoisotopic (exact) mass is 456 g/mol. The number of β-lactam (4-membered cyclic amide) rings is 1. The number of thioether (sulfide) groups is 1. The second-order valence-corrected chi connectivity index (χ2v) is 10.1. The number of ether oxygens (including phenoxy) is 1. The number of benzene rings is 2. The van der Waals surface area contributed by atoms with E-state index in [2.05, 4.69) is 0 Å². The number of nitrogens with zero attached hydrogens (tertiary/aromatic N) is 2. The molecule has 0 unspecified atom stereocenters. The molecule has 2 saturated heterocycles. The molecular weight excluding hydrogens is 432 g/mol. The summed E-state index contributed by atoms with van der Waals surface area (Å²) in [5.41, 5.74) is 0.212. The standard InChI is InChI=1S/C23H24N2O6S/c1-5-31-15-11-10-13-8-6-7-9-14(13)16(15)19(27)24(12(2)26)17-20(28)25-18(22(29)30)23(3,4)32-21(17)25/h6-11,17-18,21H,5H2,1-4H3,(H,29,30)/t17-,18+,21-/m1/s1. The molecule has 0 aliphatic carbocycles. The van der Waals surface area contributed by atoms with Gasteiger partial charge in [0.1, 0.15) is 23.2 Å². The molecule has 9 heteroatoms. The number of amides is 3. The van der Waals surface area contributed by atoms with Gasteiger partial charge in [-0.15, -0.1) is 11.8 Å². The van der Waals surface area contributed by atoms with Crippen molar-refractivity contribution in [3.63, 3.8) is 0 Å². The molecule has 2 aliphatic heterocycles. The molecule has 2 heterocycles. The summed E-state index contributed by atoms with van der Waals surface area (Å²) in [7, 11) is 0. The number of imide groups is 1. The number of aliphatic carboxylic acids is 1. The van der Waals surface area contributed by atoms with Gasteiger partial charge in [0, 0.05) is 11.7 Å². The van der Waals surface area contributed by atoms with Gasteiger partial charge in [-0.05, 0) is 37.6 Å². The summed E-state index contributed by atoms with van der Waals surface area (Å²) in [4.78, 5) is 53.6. The molecule has 2 aromatic rings. The number of carbonyl (C=O) groups excluding carboxylic acids is 3. The summed E-state index contributed by atoms with van der Waals surface area (Å²) in [6.07, 6.45) is 0. The molecule has 1 N–H and O–H groups in total. The lowest BCUT2D eigenvalue weighted by molar-refractivity contribution is -0.165. The molecule has 3 amide bonds. The van der Waals surface area contributed by atoms with Crippen molar-refractivity contribution in [3.8, 4) is 5.75 Å². The second-order valence-electron chi connectivity index (χ2n) is 8.33. The van der Waals surface area contributed by atoms with Crippen LogP contribution in [-0.2, 0) is 14.4 Å². The molecule has 32 heavy (non-hydrogen) atoms. The lowest BCUT2D eigenvalue weighted by Gasteiger charge is -2.47. The van der Waals surface area contributed by atoms with Gasteiger partial charge in [-0.1, -0.05) is 30.3 Å². The van der Waals surface area contributed by atoms with Gasteiger partial charge in [-0.25, -0.2) is 4.79 Å². The maximum absolute atomic E-state index is 13.8. The third-order valence-electron chi connectivity index (χ3n) is 5.89. The molecule has 3 atom stereocenters. The van der Waals surface area contributed by atoms with Gasteiger partial charge in [0.2, 0.25) is 5.91 Å². The fraction of sp³-hybridized carbons (Fsp3) is 0.391. The molecule has 8 nitrogen and oxygen atoms in total. The van der Waals surface area contributed by atoms with Crippen LogP contribution in [0.2, 0.25) is 0 Å². The topological polar surface area (TPSA) is 104 Å². The van der Waals surface area contributed by atoms with E-state index in [0.29, 0.717) is 17.7 Å². The molecule has 4 rings (SSSR count). The van der Waals surface area contributed by atoms with E-state index in [9.17, 15) is 24.3 Å². The van der Waals surface area contributed by atoms with Crippen molar-refractivity contribution in [1.82, 2.24) is 9.80 Å². The zero-order chi connectivity index (χ0) is 23.4. The number of carboxylic acids is 1. The minimum Gasteiger partial charge on any atom is -0.493 e. The Balaban J connectivity index is 1.78. The largest absolute Gasteiger partial charge is 0.493 e. The summed E-state index contributed by atoms with van der Waals surface area (Å²) in [6.45, 7) is 6.84. The van der Waals surface area contributed by atoms with E-state index in [-0.39, 0.29) is 5.56 Å². The first-order valence-corrected chi connectivity index (χ1v) is 11.2.